The summed E-state index contributed by atoms with van der Waals surface area (Å²) in [6, 6.07) is 0. The largest absolute Gasteiger partial charge is 0.481 e. The van der Waals surface area contributed by atoms with E-state index in [9.17, 15) is 76.0 Å². The fourth-order valence-electron chi connectivity index (χ4n) is 19.6. The first-order valence-corrected chi connectivity index (χ1v) is 29.2. The molecule has 0 radical (unpaired) electrons. The van der Waals surface area contributed by atoms with Crippen LogP contribution in [-0.4, -0.2) is 201 Å². The third-order valence-electron chi connectivity index (χ3n) is 23.6. The van der Waals surface area contributed by atoms with Crippen LogP contribution in [0, 0.1) is 56.2 Å². The van der Waals surface area contributed by atoms with Gasteiger partial charge in [-0.25, -0.2) is 0 Å². The second-order valence-electron chi connectivity index (χ2n) is 27.6. The SMILES string of the molecule is C=C1C[C@@]23CCC4[C@@](C)(CCC[C@@]4(C)C(=O)O)C2CC[C@]1(O)C3.C=C1C[C@@]23CCC4[C@@](C)(CCC[C@@]4(C)C(=O)OC4OC(CO)C(O)C(O)C4O)C2CC[C@]1(OC1OC(CO)C(O)C(O)C1OC1OC(CO)C(O)C(O)C1O)C3. The standard InChI is InChI=1S/C38H60O18.C20H30O3/c1-16-11-37-9-5-20-35(2,7-4-8-36(20,3)34(50)55-32-29(49)26(46)23(43)18(13-40)52-32)21(37)6-10-38(16,15-37)56-33-30(27(47)24(44)19(14-41)53-33)54-31-28(48)25(45)22(42)17(12-39)51-31;1-13-11-19-9-5-14-17(2,7-4-8-18(14,3)16(21)22)15(19)6-10-20(13,23)12-19/h17-33,39-49H,1,4-15H2,2-3H3;14-15,23H,1,4-12H2,2-3H3,(H,21,22)/t17?,18?,19?,20?,21?,22?,23?,24?,25?,26?,27?,28?,29?,30?,31?,32?,33?,35-,36-,37-,38+;14?,15?,17-,18-,19-,20+/m11/s1. The number of rotatable bonds is 10. The topological polar surface area (TPSA) is 353 Å². The van der Waals surface area contributed by atoms with Crippen molar-refractivity contribution >= 4 is 11.9 Å². The summed E-state index contributed by atoms with van der Waals surface area (Å²) in [6.45, 7) is 15.1. The highest BCUT2D eigenvalue weighted by Crippen LogP contribution is 2.75. The second kappa shape index (κ2) is 21.1. The number of aliphatic carboxylic acids is 1. The van der Waals surface area contributed by atoms with Crippen LogP contribution >= 0.6 is 0 Å². The van der Waals surface area contributed by atoms with Gasteiger partial charge < -0.3 is 94.8 Å². The number of aliphatic hydroxyl groups is 12. The average Bonchev–Trinajstić information content (AvgIpc) is 3.85. The minimum Gasteiger partial charge on any atom is -0.481 e. The van der Waals surface area contributed by atoms with Gasteiger partial charge in [-0.2, -0.15) is 0 Å². The summed E-state index contributed by atoms with van der Waals surface area (Å²) in [6.07, 6.45) is -9.08. The maximum atomic E-state index is 14.1. The number of ether oxygens (including phenoxy) is 6. The summed E-state index contributed by atoms with van der Waals surface area (Å²) >= 11 is 0. The summed E-state index contributed by atoms with van der Waals surface area (Å²) in [5.41, 5.74) is -1.67. The zero-order chi connectivity index (χ0) is 57.4. The highest BCUT2D eigenvalue weighted by Gasteiger charge is 2.71. The van der Waals surface area contributed by atoms with Gasteiger partial charge in [0.25, 0.3) is 0 Å². The molecule has 11 aliphatic rings. The first-order valence-electron chi connectivity index (χ1n) is 29.2. The number of hydrogen-bond acceptors (Lipinski definition) is 20. The van der Waals surface area contributed by atoms with E-state index < -0.39 is 146 Å². The van der Waals surface area contributed by atoms with E-state index in [2.05, 4.69) is 27.0 Å². The molecule has 13 N–H and O–H groups in total. The molecule has 0 amide bonds. The van der Waals surface area contributed by atoms with Gasteiger partial charge in [-0.1, -0.05) is 39.8 Å². The number of carboxylic acids is 1. The van der Waals surface area contributed by atoms with Gasteiger partial charge in [0.2, 0.25) is 6.29 Å². The van der Waals surface area contributed by atoms with Crippen LogP contribution in [0.25, 0.3) is 0 Å². The van der Waals surface area contributed by atoms with Crippen molar-refractivity contribution in [2.75, 3.05) is 19.8 Å². The molecule has 8 aliphatic carbocycles. The summed E-state index contributed by atoms with van der Waals surface area (Å²) in [5, 5.41) is 135. The van der Waals surface area contributed by atoms with Crippen molar-refractivity contribution in [3.05, 3.63) is 24.3 Å². The molecule has 8 saturated carbocycles. The van der Waals surface area contributed by atoms with Gasteiger partial charge in [-0.3, -0.25) is 9.59 Å². The Hall–Kier alpha value is -2.26. The summed E-state index contributed by atoms with van der Waals surface area (Å²) in [4.78, 5) is 26.2. The number of carbonyl (C=O) groups excluding carboxylic acids is 1. The molecule has 21 nitrogen and oxygen atoms in total. The van der Waals surface area contributed by atoms with Gasteiger partial charge in [-0.05, 0) is 173 Å². The monoisotopic (exact) mass is 1120 g/mol. The molecule has 27 atom stereocenters. The lowest BCUT2D eigenvalue weighted by atomic mass is 9.41. The Bertz CT molecular complexity index is 2320. The van der Waals surface area contributed by atoms with E-state index >= 15 is 0 Å². The van der Waals surface area contributed by atoms with E-state index in [0.29, 0.717) is 50.9 Å². The van der Waals surface area contributed by atoms with E-state index in [1.165, 1.54) is 0 Å². The van der Waals surface area contributed by atoms with Crippen molar-refractivity contribution in [1.82, 2.24) is 0 Å². The lowest BCUT2D eigenvalue weighted by Crippen LogP contribution is -2.65. The van der Waals surface area contributed by atoms with E-state index in [0.717, 1.165) is 81.8 Å². The Morgan fingerprint density at radius 3 is 1.54 bits per heavy atom. The van der Waals surface area contributed by atoms with Crippen molar-refractivity contribution in [3.8, 4) is 0 Å². The van der Waals surface area contributed by atoms with E-state index in [1.807, 2.05) is 13.8 Å². The lowest BCUT2D eigenvalue weighted by molar-refractivity contribution is -0.378. The number of aliphatic hydroxyl groups excluding tert-OH is 11. The van der Waals surface area contributed by atoms with Crippen LogP contribution in [0.15, 0.2) is 24.3 Å². The Morgan fingerprint density at radius 2 is 0.987 bits per heavy atom. The number of esters is 1. The van der Waals surface area contributed by atoms with Crippen LogP contribution in [0.3, 0.4) is 0 Å². The number of carboxylic acid groups (broad SMARTS) is 1. The maximum absolute atomic E-state index is 14.1. The predicted octanol–water partition coefficient (Wildman–Crippen LogP) is 1.22. The van der Waals surface area contributed by atoms with Crippen LogP contribution in [0.4, 0.5) is 0 Å². The van der Waals surface area contributed by atoms with Gasteiger partial charge in [-0.15, -0.1) is 0 Å². The van der Waals surface area contributed by atoms with E-state index in [1.54, 1.807) is 0 Å². The average molecular weight is 1120 g/mol. The molecule has 11 fully saturated rings. The lowest BCUT2D eigenvalue weighted by Gasteiger charge is -2.64. The minimum atomic E-state index is -1.81. The first-order chi connectivity index (χ1) is 37.1. The Balaban J connectivity index is 0.000000253. The van der Waals surface area contributed by atoms with E-state index in [4.69, 9.17) is 28.4 Å². The van der Waals surface area contributed by atoms with Crippen molar-refractivity contribution in [2.45, 2.75) is 247 Å². The fourth-order valence-corrected chi connectivity index (χ4v) is 19.6. The zero-order valence-electron chi connectivity index (χ0n) is 46.3. The normalized spacial score (nSPS) is 54.8. The third-order valence-corrected chi connectivity index (χ3v) is 23.6. The van der Waals surface area contributed by atoms with Crippen LogP contribution in [0.1, 0.15) is 143 Å². The van der Waals surface area contributed by atoms with Crippen LogP contribution in [-0.2, 0) is 38.0 Å². The molecule has 2 spiro atoms. The molecular formula is C58H90O21. The van der Waals surface area contributed by atoms with Crippen LogP contribution in [0.5, 0.6) is 0 Å². The molecule has 0 aromatic carbocycles. The molecule has 21 heteroatoms. The molecule has 3 heterocycles. The third kappa shape index (κ3) is 9.27. The van der Waals surface area contributed by atoms with Gasteiger partial charge >= 0.3 is 11.9 Å². The van der Waals surface area contributed by atoms with Gasteiger partial charge in [0.15, 0.2) is 12.6 Å². The molecule has 0 aromatic heterocycles. The smallest absolute Gasteiger partial charge is 0.314 e. The summed E-state index contributed by atoms with van der Waals surface area (Å²) in [7, 11) is 0. The first kappa shape index (κ1) is 59.9. The molecular weight excluding hydrogens is 1030 g/mol. The predicted molar refractivity (Wildman–Crippen MR) is 275 cm³/mol. The minimum absolute atomic E-state index is 0.107. The van der Waals surface area contributed by atoms with Crippen LogP contribution in [0.2, 0.25) is 0 Å². The van der Waals surface area contributed by atoms with Crippen molar-refractivity contribution < 1.29 is 104 Å². The number of hydrogen-bond donors (Lipinski definition) is 13. The van der Waals surface area contributed by atoms with E-state index in [-0.39, 0.29) is 39.4 Å². The van der Waals surface area contributed by atoms with Gasteiger partial charge in [0, 0.05) is 0 Å². The Labute approximate surface area is 461 Å². The fraction of sp³-hybridized carbons (Fsp3) is 0.897. The molecule has 448 valence electrons. The maximum Gasteiger partial charge on any atom is 0.314 e. The molecule has 19 unspecified atom stereocenters. The molecule has 3 aliphatic heterocycles. The number of fused-ring (bicyclic) bond motifs is 6. The molecule has 3 saturated heterocycles. The van der Waals surface area contributed by atoms with Crippen molar-refractivity contribution in [2.24, 2.45) is 56.2 Å². The van der Waals surface area contributed by atoms with Crippen molar-refractivity contribution in [1.29, 1.82) is 0 Å². The second-order valence-corrected chi connectivity index (χ2v) is 27.6. The quantitative estimate of drug-likeness (QED) is 0.0831. The summed E-state index contributed by atoms with van der Waals surface area (Å²) in [5.74, 6) is -0.372. The van der Waals surface area contributed by atoms with Crippen molar-refractivity contribution in [3.63, 3.8) is 0 Å². The Morgan fingerprint density at radius 1 is 0.532 bits per heavy atom. The molecule has 4 bridgehead atoms. The molecule has 79 heavy (non-hydrogen) atoms. The highest BCUT2D eigenvalue weighted by molar-refractivity contribution is 5.77. The Kier molecular flexibility index (Phi) is 16.0. The highest BCUT2D eigenvalue weighted by atomic mass is 16.8. The molecule has 0 aromatic rings. The zero-order valence-corrected chi connectivity index (χ0v) is 46.3. The van der Waals surface area contributed by atoms with Gasteiger partial charge in [0.05, 0.1) is 41.9 Å². The number of carbonyl (C=O) groups is 2. The molecule has 11 rings (SSSR count). The van der Waals surface area contributed by atoms with Crippen LogP contribution < -0.4 is 0 Å². The summed E-state index contributed by atoms with van der Waals surface area (Å²) < 4.78 is 35.6. The van der Waals surface area contributed by atoms with Gasteiger partial charge in [0.1, 0.15) is 73.2 Å².